The molecule has 0 aliphatic carbocycles. The molecule has 26 heavy (non-hydrogen) atoms. The topological polar surface area (TPSA) is 66.9 Å². The Morgan fingerprint density at radius 3 is 2.73 bits per heavy atom. The van der Waals surface area contributed by atoms with Crippen LogP contribution in [0.25, 0.3) is 6.08 Å². The fourth-order valence-corrected chi connectivity index (χ4v) is 4.11. The van der Waals surface area contributed by atoms with Gasteiger partial charge in [-0.2, -0.15) is 0 Å². The second-order valence-electron chi connectivity index (χ2n) is 5.97. The predicted octanol–water partition coefficient (Wildman–Crippen LogP) is 3.51. The Kier molecular flexibility index (Phi) is 6.03. The van der Waals surface area contributed by atoms with Crippen LogP contribution < -0.4 is 4.74 Å². The number of imide groups is 1. The van der Waals surface area contributed by atoms with E-state index in [2.05, 4.69) is 15.9 Å². The number of hydrogen-bond acceptors (Lipinski definition) is 5. The summed E-state index contributed by atoms with van der Waals surface area (Å²) < 4.78 is 6.42. The van der Waals surface area contributed by atoms with Crippen molar-refractivity contribution in [3.63, 3.8) is 0 Å². The van der Waals surface area contributed by atoms with Crippen LogP contribution in [0, 0.1) is 0 Å². The first-order valence-electron chi connectivity index (χ1n) is 8.45. The Hall–Kier alpha value is -1.80. The van der Waals surface area contributed by atoms with Gasteiger partial charge in [-0.25, -0.2) is 0 Å². The molecule has 2 heterocycles. The van der Waals surface area contributed by atoms with E-state index in [4.69, 9.17) is 4.74 Å². The molecule has 3 amide bonds. The molecule has 8 heteroatoms. The summed E-state index contributed by atoms with van der Waals surface area (Å²) in [6, 6.07) is 5.48. The van der Waals surface area contributed by atoms with Crippen molar-refractivity contribution in [1.82, 2.24) is 9.80 Å². The van der Waals surface area contributed by atoms with Crippen LogP contribution in [0.2, 0.25) is 0 Å². The molecule has 2 aliphatic heterocycles. The van der Waals surface area contributed by atoms with Gasteiger partial charge in [0.25, 0.3) is 11.1 Å². The van der Waals surface area contributed by atoms with Crippen LogP contribution in [-0.2, 0) is 9.59 Å². The molecule has 2 fully saturated rings. The van der Waals surface area contributed by atoms with Gasteiger partial charge in [0, 0.05) is 23.1 Å². The summed E-state index contributed by atoms with van der Waals surface area (Å²) in [5.74, 6) is 0.0223. The van der Waals surface area contributed by atoms with Crippen LogP contribution in [-0.4, -0.2) is 53.1 Å². The van der Waals surface area contributed by atoms with E-state index in [1.165, 1.54) is 0 Å². The summed E-state index contributed by atoms with van der Waals surface area (Å²) in [7, 11) is 0. The molecule has 0 atom stereocenters. The van der Waals surface area contributed by atoms with Crippen LogP contribution in [0.1, 0.15) is 25.3 Å². The van der Waals surface area contributed by atoms with Crippen LogP contribution in [0.5, 0.6) is 5.75 Å². The number of rotatable bonds is 5. The zero-order valence-electron chi connectivity index (χ0n) is 14.4. The Morgan fingerprint density at radius 2 is 2.04 bits per heavy atom. The number of hydrogen-bond donors (Lipinski definition) is 0. The van der Waals surface area contributed by atoms with Crippen LogP contribution in [0.3, 0.4) is 0 Å². The highest BCUT2D eigenvalue weighted by Gasteiger charge is 2.37. The predicted molar refractivity (Wildman–Crippen MR) is 104 cm³/mol. The number of nitrogens with zero attached hydrogens (tertiary/aromatic N) is 2. The lowest BCUT2D eigenvalue weighted by Gasteiger charge is -2.18. The number of carbonyl (C=O) groups excluding carboxylic acids is 3. The fraction of sp³-hybridized carbons (Fsp3) is 0.389. The number of carbonyl (C=O) groups is 3. The largest absolute Gasteiger partial charge is 0.493 e. The second-order valence-corrected chi connectivity index (χ2v) is 7.88. The number of likely N-dealkylation sites (tertiary alicyclic amines) is 1. The lowest BCUT2D eigenvalue weighted by atomic mass is 10.2. The molecule has 0 spiro atoms. The van der Waals surface area contributed by atoms with E-state index in [9.17, 15) is 14.4 Å². The van der Waals surface area contributed by atoms with Crippen LogP contribution >= 0.6 is 27.7 Å². The highest BCUT2D eigenvalue weighted by atomic mass is 79.9. The maximum atomic E-state index is 12.6. The first-order valence-corrected chi connectivity index (χ1v) is 10.1. The molecule has 0 unspecified atom stereocenters. The van der Waals surface area contributed by atoms with Crippen molar-refractivity contribution in [3.05, 3.63) is 33.1 Å². The van der Waals surface area contributed by atoms with Gasteiger partial charge >= 0.3 is 0 Å². The monoisotopic (exact) mass is 438 g/mol. The Balaban J connectivity index is 1.79. The van der Waals surface area contributed by atoms with E-state index in [1.54, 1.807) is 17.0 Å². The minimum absolute atomic E-state index is 0.177. The highest BCUT2D eigenvalue weighted by molar-refractivity contribution is 9.10. The van der Waals surface area contributed by atoms with Crippen molar-refractivity contribution in [2.24, 2.45) is 0 Å². The van der Waals surface area contributed by atoms with E-state index < -0.39 is 11.1 Å². The van der Waals surface area contributed by atoms with E-state index in [-0.39, 0.29) is 12.5 Å². The van der Waals surface area contributed by atoms with Gasteiger partial charge in [0.05, 0.1) is 11.5 Å². The van der Waals surface area contributed by atoms with Crippen molar-refractivity contribution in [1.29, 1.82) is 0 Å². The first-order chi connectivity index (χ1) is 12.5. The molecule has 1 aromatic carbocycles. The standard InChI is InChI=1S/C18H19BrN2O4S/c1-2-25-14-6-5-13(19)9-12(14)10-15-17(23)21(18(24)26-15)11-16(22)20-7-3-4-8-20/h5-6,9-10H,2-4,7-8,11H2,1H3/b15-10-. The van der Waals surface area contributed by atoms with Gasteiger partial charge in [-0.1, -0.05) is 15.9 Å². The van der Waals surface area contributed by atoms with Gasteiger partial charge in [-0.15, -0.1) is 0 Å². The maximum Gasteiger partial charge on any atom is 0.294 e. The SMILES string of the molecule is CCOc1ccc(Br)cc1/C=C1\SC(=O)N(CC(=O)N2CCCC2)C1=O. The molecule has 2 saturated heterocycles. The van der Waals surface area contributed by atoms with Crippen molar-refractivity contribution in [2.45, 2.75) is 19.8 Å². The number of halogens is 1. The fourth-order valence-electron chi connectivity index (χ4n) is 2.90. The Bertz CT molecular complexity index is 774. The van der Waals surface area contributed by atoms with Gasteiger partial charge in [-0.05, 0) is 55.8 Å². The molecular weight excluding hydrogens is 420 g/mol. The molecule has 0 bridgehead atoms. The average Bonchev–Trinajstić information content (AvgIpc) is 3.22. The van der Waals surface area contributed by atoms with Crippen LogP contribution in [0.15, 0.2) is 27.6 Å². The summed E-state index contributed by atoms with van der Waals surface area (Å²) in [4.78, 5) is 40.1. The molecule has 6 nitrogen and oxygen atoms in total. The molecule has 2 aliphatic rings. The van der Waals surface area contributed by atoms with Crippen molar-refractivity contribution >= 4 is 50.8 Å². The smallest absolute Gasteiger partial charge is 0.294 e. The third-order valence-corrected chi connectivity index (χ3v) is 5.58. The molecule has 3 rings (SSSR count). The molecule has 0 radical (unpaired) electrons. The van der Waals surface area contributed by atoms with Crippen LogP contribution in [0.4, 0.5) is 4.79 Å². The van der Waals surface area contributed by atoms with E-state index in [0.717, 1.165) is 34.0 Å². The second kappa shape index (κ2) is 8.26. The number of thioether (sulfide) groups is 1. The number of amides is 3. The maximum absolute atomic E-state index is 12.6. The van der Waals surface area contributed by atoms with Gasteiger partial charge in [0.15, 0.2) is 0 Å². The normalized spacial score (nSPS) is 18.9. The zero-order chi connectivity index (χ0) is 18.7. The van der Waals surface area contributed by atoms with Crippen molar-refractivity contribution in [2.75, 3.05) is 26.2 Å². The lowest BCUT2D eigenvalue weighted by Crippen LogP contribution is -2.40. The number of ether oxygens (including phenoxy) is 1. The van der Waals surface area contributed by atoms with E-state index in [0.29, 0.717) is 35.9 Å². The third kappa shape index (κ3) is 4.12. The number of benzene rings is 1. The quantitative estimate of drug-likeness (QED) is 0.657. The zero-order valence-corrected chi connectivity index (χ0v) is 16.8. The molecule has 0 aromatic heterocycles. The molecule has 0 saturated carbocycles. The molecule has 1 aromatic rings. The van der Waals surface area contributed by atoms with E-state index in [1.807, 2.05) is 19.1 Å². The lowest BCUT2D eigenvalue weighted by molar-refractivity contribution is -0.135. The summed E-state index contributed by atoms with van der Waals surface area (Å²) in [5, 5.41) is -0.415. The Labute approximate surface area is 164 Å². The van der Waals surface area contributed by atoms with Gasteiger partial charge in [-0.3, -0.25) is 19.3 Å². The summed E-state index contributed by atoms with van der Waals surface area (Å²) in [6.07, 6.45) is 3.58. The minimum atomic E-state index is -0.435. The summed E-state index contributed by atoms with van der Waals surface area (Å²) in [6.45, 7) is 3.57. The highest BCUT2D eigenvalue weighted by Crippen LogP contribution is 2.35. The van der Waals surface area contributed by atoms with Gasteiger partial charge in [0.2, 0.25) is 5.91 Å². The summed E-state index contributed by atoms with van der Waals surface area (Å²) in [5.41, 5.74) is 0.706. The Morgan fingerprint density at radius 1 is 1.31 bits per heavy atom. The van der Waals surface area contributed by atoms with E-state index >= 15 is 0 Å². The third-order valence-electron chi connectivity index (χ3n) is 4.18. The van der Waals surface area contributed by atoms with Crippen molar-refractivity contribution in [3.8, 4) is 5.75 Å². The summed E-state index contributed by atoms with van der Waals surface area (Å²) >= 11 is 4.25. The van der Waals surface area contributed by atoms with Crippen molar-refractivity contribution < 1.29 is 19.1 Å². The van der Waals surface area contributed by atoms with Gasteiger partial charge < -0.3 is 9.64 Å². The molecule has 138 valence electrons. The first kappa shape index (κ1) is 19.0. The molecule has 0 N–H and O–H groups in total. The minimum Gasteiger partial charge on any atom is -0.493 e. The average molecular weight is 439 g/mol. The van der Waals surface area contributed by atoms with Gasteiger partial charge in [0.1, 0.15) is 12.3 Å². The molecular formula is C18H19BrN2O4S.